The summed E-state index contributed by atoms with van der Waals surface area (Å²) in [5.41, 5.74) is 1.17. The molecule has 1 aromatic heterocycles. The van der Waals surface area contributed by atoms with Gasteiger partial charge in [-0.1, -0.05) is 36.4 Å². The molecule has 0 spiro atoms. The second kappa shape index (κ2) is 7.27. The molecule has 0 radical (unpaired) electrons. The average molecular weight is 337 g/mol. The zero-order valence-electron chi connectivity index (χ0n) is 14.1. The van der Waals surface area contributed by atoms with Crippen molar-refractivity contribution >= 4 is 16.7 Å². The molecule has 6 nitrogen and oxygen atoms in total. The minimum absolute atomic E-state index is 0.0647. The van der Waals surface area contributed by atoms with E-state index in [0.717, 1.165) is 16.3 Å². The number of aromatic carboxylic acids is 1. The van der Waals surface area contributed by atoms with Gasteiger partial charge in [0.25, 0.3) is 0 Å². The normalized spacial score (nSPS) is 11.0. The van der Waals surface area contributed by atoms with E-state index in [1.165, 1.54) is 6.20 Å². The first-order valence-electron chi connectivity index (χ1n) is 7.91. The molecule has 0 amide bonds. The van der Waals surface area contributed by atoms with Crippen LogP contribution >= 0.6 is 0 Å². The maximum absolute atomic E-state index is 11.6. The lowest BCUT2D eigenvalue weighted by molar-refractivity contribution is 0.0689. The Labute approximate surface area is 145 Å². The van der Waals surface area contributed by atoms with Gasteiger partial charge in [-0.25, -0.2) is 9.78 Å². The van der Waals surface area contributed by atoms with Gasteiger partial charge in [-0.05, 0) is 36.5 Å². The third-order valence-corrected chi connectivity index (χ3v) is 3.80. The summed E-state index contributed by atoms with van der Waals surface area (Å²) in [7, 11) is 3.85. The van der Waals surface area contributed by atoms with Gasteiger partial charge in [0.05, 0.1) is 0 Å². The summed E-state index contributed by atoms with van der Waals surface area (Å²) in [5.74, 6) is -1.11. The van der Waals surface area contributed by atoms with Gasteiger partial charge in [0.2, 0.25) is 0 Å². The number of carbonyl (C=O) groups is 1. The van der Waals surface area contributed by atoms with E-state index in [0.29, 0.717) is 18.7 Å². The molecule has 0 fully saturated rings. The third-order valence-electron chi connectivity index (χ3n) is 3.80. The minimum atomic E-state index is -1.11. The summed E-state index contributed by atoms with van der Waals surface area (Å²) in [6, 6.07) is 13.7. The molecule has 0 aliphatic rings. The molecule has 128 valence electrons. The fourth-order valence-corrected chi connectivity index (χ4v) is 2.49. The molecule has 0 bridgehead atoms. The maximum Gasteiger partial charge on any atom is 0.355 e. The van der Waals surface area contributed by atoms with Gasteiger partial charge in [-0.15, -0.1) is 0 Å². The quantitative estimate of drug-likeness (QED) is 0.745. The molecule has 2 aromatic carbocycles. The van der Waals surface area contributed by atoms with Crippen molar-refractivity contribution < 1.29 is 14.6 Å². The Bertz CT molecular complexity index is 909. The molecule has 6 heteroatoms. The standard InChI is InChI=1S/C19H19N3O3/c1-22(2)9-10-25-19-20-12-16(17(21-19)18(23)24)15-8-7-13-5-3-4-6-14(13)11-15/h3-8,11-12H,9-10H2,1-2H3,(H,23,24). The summed E-state index contributed by atoms with van der Waals surface area (Å²) >= 11 is 0. The van der Waals surface area contributed by atoms with Gasteiger partial charge in [0, 0.05) is 18.3 Å². The molecule has 0 atom stereocenters. The van der Waals surface area contributed by atoms with Crippen LogP contribution < -0.4 is 4.74 Å². The first-order valence-corrected chi connectivity index (χ1v) is 7.91. The number of carboxylic acids is 1. The second-order valence-corrected chi connectivity index (χ2v) is 5.93. The highest BCUT2D eigenvalue weighted by Crippen LogP contribution is 2.27. The molecule has 1 heterocycles. The highest BCUT2D eigenvalue weighted by molar-refractivity contribution is 5.96. The van der Waals surface area contributed by atoms with E-state index in [2.05, 4.69) is 9.97 Å². The molecule has 0 saturated carbocycles. The number of aromatic nitrogens is 2. The SMILES string of the molecule is CN(C)CCOc1ncc(-c2ccc3ccccc3c2)c(C(=O)O)n1. The van der Waals surface area contributed by atoms with Crippen molar-refractivity contribution in [2.24, 2.45) is 0 Å². The minimum Gasteiger partial charge on any atom is -0.476 e. The van der Waals surface area contributed by atoms with Crippen LogP contribution in [0.5, 0.6) is 6.01 Å². The van der Waals surface area contributed by atoms with Gasteiger partial charge in [0.15, 0.2) is 5.69 Å². The van der Waals surface area contributed by atoms with Crippen molar-refractivity contribution in [2.75, 3.05) is 27.2 Å². The molecule has 0 aliphatic heterocycles. The Morgan fingerprint density at radius 3 is 2.64 bits per heavy atom. The summed E-state index contributed by atoms with van der Waals surface area (Å²) in [6.07, 6.45) is 1.51. The van der Waals surface area contributed by atoms with Crippen LogP contribution in [0.4, 0.5) is 0 Å². The molecule has 3 aromatic rings. The average Bonchev–Trinajstić information content (AvgIpc) is 2.61. The lowest BCUT2D eigenvalue weighted by Crippen LogP contribution is -2.20. The fourth-order valence-electron chi connectivity index (χ4n) is 2.49. The van der Waals surface area contributed by atoms with Crippen molar-refractivity contribution in [1.29, 1.82) is 0 Å². The first-order chi connectivity index (χ1) is 12.0. The van der Waals surface area contributed by atoms with Crippen molar-refractivity contribution in [3.8, 4) is 17.1 Å². The molecule has 0 saturated heterocycles. The summed E-state index contributed by atoms with van der Waals surface area (Å²) in [4.78, 5) is 21.8. The monoisotopic (exact) mass is 337 g/mol. The number of hydrogen-bond donors (Lipinski definition) is 1. The topological polar surface area (TPSA) is 75.5 Å². The summed E-state index contributed by atoms with van der Waals surface area (Å²) in [5, 5.41) is 11.6. The van der Waals surface area contributed by atoms with Gasteiger partial charge >= 0.3 is 12.0 Å². The van der Waals surface area contributed by atoms with Crippen LogP contribution in [0.3, 0.4) is 0 Å². The van der Waals surface area contributed by atoms with Crippen LogP contribution in [-0.2, 0) is 0 Å². The number of ether oxygens (including phenoxy) is 1. The molecular formula is C19H19N3O3. The Morgan fingerprint density at radius 1 is 1.16 bits per heavy atom. The van der Waals surface area contributed by atoms with Crippen molar-refractivity contribution in [1.82, 2.24) is 14.9 Å². The highest BCUT2D eigenvalue weighted by atomic mass is 16.5. The largest absolute Gasteiger partial charge is 0.476 e. The summed E-state index contributed by atoms with van der Waals surface area (Å²) < 4.78 is 5.44. The van der Waals surface area contributed by atoms with Crippen LogP contribution in [0.15, 0.2) is 48.7 Å². The van der Waals surface area contributed by atoms with Crippen LogP contribution in [0.2, 0.25) is 0 Å². The Balaban J connectivity index is 1.95. The van der Waals surface area contributed by atoms with Gasteiger partial charge < -0.3 is 14.7 Å². The zero-order chi connectivity index (χ0) is 17.8. The second-order valence-electron chi connectivity index (χ2n) is 5.93. The lowest BCUT2D eigenvalue weighted by Gasteiger charge is -2.11. The van der Waals surface area contributed by atoms with E-state index in [1.54, 1.807) is 0 Å². The van der Waals surface area contributed by atoms with E-state index < -0.39 is 5.97 Å². The number of fused-ring (bicyclic) bond motifs is 1. The first kappa shape index (κ1) is 16.9. The van der Waals surface area contributed by atoms with Crippen molar-refractivity contribution in [2.45, 2.75) is 0 Å². The van der Waals surface area contributed by atoms with E-state index in [4.69, 9.17) is 4.74 Å². The molecule has 3 rings (SSSR count). The van der Waals surface area contributed by atoms with Crippen molar-refractivity contribution in [3.63, 3.8) is 0 Å². The smallest absolute Gasteiger partial charge is 0.355 e. The summed E-state index contributed by atoms with van der Waals surface area (Å²) in [6.45, 7) is 1.08. The fraction of sp³-hybridized carbons (Fsp3) is 0.211. The van der Waals surface area contributed by atoms with E-state index in [9.17, 15) is 9.90 Å². The maximum atomic E-state index is 11.6. The third kappa shape index (κ3) is 3.92. The van der Waals surface area contributed by atoms with E-state index in [1.807, 2.05) is 61.5 Å². The molecule has 1 N–H and O–H groups in total. The number of nitrogens with zero attached hydrogens (tertiary/aromatic N) is 3. The van der Waals surface area contributed by atoms with Gasteiger partial charge in [0.1, 0.15) is 6.61 Å². The van der Waals surface area contributed by atoms with Crippen LogP contribution in [0.25, 0.3) is 21.9 Å². The number of hydrogen-bond acceptors (Lipinski definition) is 5. The van der Waals surface area contributed by atoms with Gasteiger partial charge in [-0.2, -0.15) is 4.98 Å². The number of carboxylic acid groups (broad SMARTS) is 1. The van der Waals surface area contributed by atoms with Crippen LogP contribution in [0.1, 0.15) is 10.5 Å². The van der Waals surface area contributed by atoms with Gasteiger partial charge in [-0.3, -0.25) is 0 Å². The molecule has 0 aliphatic carbocycles. The Kier molecular flexibility index (Phi) is 4.90. The molecule has 25 heavy (non-hydrogen) atoms. The zero-order valence-corrected chi connectivity index (χ0v) is 14.1. The van der Waals surface area contributed by atoms with E-state index in [-0.39, 0.29) is 11.7 Å². The van der Waals surface area contributed by atoms with Crippen LogP contribution in [-0.4, -0.2) is 53.2 Å². The predicted octanol–water partition coefficient (Wildman–Crippen LogP) is 2.94. The van der Waals surface area contributed by atoms with E-state index >= 15 is 0 Å². The Morgan fingerprint density at radius 2 is 1.92 bits per heavy atom. The lowest BCUT2D eigenvalue weighted by atomic mass is 10.0. The number of likely N-dealkylation sites (N-methyl/N-ethyl adjacent to an activating group) is 1. The highest BCUT2D eigenvalue weighted by Gasteiger charge is 2.16. The predicted molar refractivity (Wildman–Crippen MR) is 96.0 cm³/mol. The van der Waals surface area contributed by atoms with Crippen molar-refractivity contribution in [3.05, 3.63) is 54.4 Å². The number of benzene rings is 2. The number of rotatable bonds is 6. The molecular weight excluding hydrogens is 318 g/mol. The van der Waals surface area contributed by atoms with Crippen LogP contribution in [0, 0.1) is 0 Å². The Hall–Kier alpha value is -2.99. The molecule has 0 unspecified atom stereocenters.